The molecule has 6 heteroatoms. The van der Waals surface area contributed by atoms with Crippen LogP contribution in [0.1, 0.15) is 0 Å². The van der Waals surface area contributed by atoms with Gasteiger partial charge in [-0.25, -0.2) is 24.3 Å². The summed E-state index contributed by atoms with van der Waals surface area (Å²) in [5, 5.41) is 0. The molecule has 2 rings (SSSR count). The van der Waals surface area contributed by atoms with Gasteiger partial charge in [-0.1, -0.05) is 0 Å². The van der Waals surface area contributed by atoms with Gasteiger partial charge in [-0.05, 0) is 0 Å². The molecule has 0 nitrogen and oxygen atoms in total. The van der Waals surface area contributed by atoms with Gasteiger partial charge >= 0.3 is 24.0 Å². The van der Waals surface area contributed by atoms with Crippen molar-refractivity contribution < 1.29 is 34.0 Å². The standard InChI is InChI=1S/2C5H5.BF4.Co/c2*1-2-4-5-3-1;2-1(3,4)5;/h2*1-5H;;/q3*-1;+3. The van der Waals surface area contributed by atoms with Crippen LogP contribution in [0.4, 0.5) is 17.3 Å². The van der Waals surface area contributed by atoms with Gasteiger partial charge < -0.3 is 17.3 Å². The molecule has 0 N–H and O–H groups in total. The molecule has 0 amide bonds. The number of rotatable bonds is 0. The minimum absolute atomic E-state index is 0. The van der Waals surface area contributed by atoms with Crippen molar-refractivity contribution in [3.8, 4) is 0 Å². The van der Waals surface area contributed by atoms with Gasteiger partial charge in [0, 0.05) is 0 Å². The van der Waals surface area contributed by atoms with E-state index >= 15 is 0 Å². The second-order valence-electron chi connectivity index (χ2n) is 2.42. The number of halogens is 4. The average Bonchev–Trinajstić information content (AvgIpc) is 2.81. The van der Waals surface area contributed by atoms with Gasteiger partial charge in [-0.15, -0.1) is 0 Å². The number of hydrogen-bond donors (Lipinski definition) is 0. The fourth-order valence-electron chi connectivity index (χ4n) is 0.642. The van der Waals surface area contributed by atoms with E-state index in [9.17, 15) is 17.3 Å². The molecule has 0 radical (unpaired) electrons. The molecule has 2 aromatic rings. The van der Waals surface area contributed by atoms with Gasteiger partial charge in [0.1, 0.15) is 0 Å². The summed E-state index contributed by atoms with van der Waals surface area (Å²) in [7, 11) is -6.00. The predicted octanol–water partition coefficient (Wildman–Crippen LogP) is 4.11. The molecule has 90 valence electrons. The molecule has 0 aliphatic rings. The topological polar surface area (TPSA) is 0 Å². The smallest absolute Gasteiger partial charge is 0.418 e. The van der Waals surface area contributed by atoms with E-state index in [0.717, 1.165) is 0 Å². The van der Waals surface area contributed by atoms with Crippen molar-refractivity contribution in [2.45, 2.75) is 0 Å². The van der Waals surface area contributed by atoms with Crippen LogP contribution in [0.15, 0.2) is 60.7 Å². The maximum Gasteiger partial charge on any atom is 3.00 e. The Hall–Kier alpha value is -1.01. The summed E-state index contributed by atoms with van der Waals surface area (Å²) in [6, 6.07) is 20.0. The third kappa shape index (κ3) is 23.1. The molecule has 2 aromatic carbocycles. The first kappa shape index (κ1) is 17.4. The summed E-state index contributed by atoms with van der Waals surface area (Å²) in [5.74, 6) is 0. The van der Waals surface area contributed by atoms with Crippen molar-refractivity contribution in [3.63, 3.8) is 0 Å². The fourth-order valence-corrected chi connectivity index (χ4v) is 0.642. The Labute approximate surface area is 102 Å². The molecule has 16 heavy (non-hydrogen) atoms. The molecular formula is C10H10BCoF4. The Morgan fingerprint density at radius 3 is 0.875 bits per heavy atom. The molecule has 0 unspecified atom stereocenters. The molecule has 0 aliphatic carbocycles. The van der Waals surface area contributed by atoms with Crippen molar-refractivity contribution in [3.05, 3.63) is 60.7 Å². The molecule has 0 spiro atoms. The Morgan fingerprint density at radius 2 is 0.812 bits per heavy atom. The van der Waals surface area contributed by atoms with E-state index in [0.29, 0.717) is 0 Å². The van der Waals surface area contributed by atoms with Crippen LogP contribution in [-0.4, -0.2) is 7.25 Å². The second-order valence-corrected chi connectivity index (χ2v) is 2.42. The quantitative estimate of drug-likeness (QED) is 0.386. The van der Waals surface area contributed by atoms with Gasteiger partial charge in [0.15, 0.2) is 0 Å². The van der Waals surface area contributed by atoms with E-state index in [1.54, 1.807) is 0 Å². The Morgan fingerprint density at radius 1 is 0.625 bits per heavy atom. The summed E-state index contributed by atoms with van der Waals surface area (Å²) >= 11 is 0. The van der Waals surface area contributed by atoms with Crippen LogP contribution >= 0.6 is 0 Å². The van der Waals surface area contributed by atoms with E-state index in [1.807, 2.05) is 60.7 Å². The monoisotopic (exact) mass is 276 g/mol. The van der Waals surface area contributed by atoms with Crippen molar-refractivity contribution in [1.82, 2.24) is 0 Å². The van der Waals surface area contributed by atoms with Crippen LogP contribution in [-0.2, 0) is 16.8 Å². The van der Waals surface area contributed by atoms with Gasteiger partial charge in [0.05, 0.1) is 0 Å². The zero-order valence-electron chi connectivity index (χ0n) is 8.20. The Kier molecular flexibility index (Phi) is 11.4. The van der Waals surface area contributed by atoms with Crippen LogP contribution < -0.4 is 0 Å². The third-order valence-electron chi connectivity index (χ3n) is 1.11. The average molecular weight is 276 g/mol. The minimum Gasteiger partial charge on any atom is -0.418 e. The van der Waals surface area contributed by atoms with Gasteiger partial charge in [-0.3, -0.25) is 0 Å². The first-order valence-electron chi connectivity index (χ1n) is 4.21. The van der Waals surface area contributed by atoms with Crippen LogP contribution in [0.3, 0.4) is 0 Å². The summed E-state index contributed by atoms with van der Waals surface area (Å²) in [6.45, 7) is 0. The summed E-state index contributed by atoms with van der Waals surface area (Å²) in [5.41, 5.74) is 0. The van der Waals surface area contributed by atoms with Gasteiger partial charge in [-0.2, -0.15) is 36.4 Å². The van der Waals surface area contributed by atoms with E-state index in [2.05, 4.69) is 0 Å². The first-order valence-corrected chi connectivity index (χ1v) is 4.21. The van der Waals surface area contributed by atoms with Gasteiger partial charge in [0.25, 0.3) is 0 Å². The predicted molar refractivity (Wildman–Crippen MR) is 54.3 cm³/mol. The van der Waals surface area contributed by atoms with Crippen LogP contribution in [0.2, 0.25) is 0 Å². The third-order valence-corrected chi connectivity index (χ3v) is 1.11. The van der Waals surface area contributed by atoms with Crippen LogP contribution in [0, 0.1) is 0 Å². The molecule has 0 saturated heterocycles. The van der Waals surface area contributed by atoms with Crippen molar-refractivity contribution >= 4 is 7.25 Å². The maximum absolute atomic E-state index is 9.75. The summed E-state index contributed by atoms with van der Waals surface area (Å²) < 4.78 is 39.0. The normalized spacial score (nSPS) is 8.75. The van der Waals surface area contributed by atoms with E-state index in [1.165, 1.54) is 0 Å². The first-order chi connectivity index (χ1) is 7.00. The zero-order valence-corrected chi connectivity index (χ0v) is 9.24. The maximum atomic E-state index is 9.75. The SMILES string of the molecule is F[B-](F)(F)F.[Co+3].c1cc[cH-]c1.c1cc[cH-]c1. The molecule has 0 atom stereocenters. The van der Waals surface area contributed by atoms with Crippen molar-refractivity contribution in [2.75, 3.05) is 0 Å². The molecule has 0 fully saturated rings. The summed E-state index contributed by atoms with van der Waals surface area (Å²) in [4.78, 5) is 0. The Balaban J connectivity index is 0. The fraction of sp³-hybridized carbons (Fsp3) is 0. The van der Waals surface area contributed by atoms with E-state index in [-0.39, 0.29) is 16.8 Å². The van der Waals surface area contributed by atoms with E-state index in [4.69, 9.17) is 0 Å². The van der Waals surface area contributed by atoms with E-state index < -0.39 is 7.25 Å². The number of hydrogen-bond acceptors (Lipinski definition) is 0. The molecular weight excluding hydrogens is 266 g/mol. The second kappa shape index (κ2) is 10.5. The van der Waals surface area contributed by atoms with Gasteiger partial charge in [0.2, 0.25) is 0 Å². The largest absolute Gasteiger partial charge is 3.00 e. The molecule has 0 saturated carbocycles. The molecule has 0 aromatic heterocycles. The zero-order chi connectivity index (χ0) is 11.6. The Bertz CT molecular complexity index is 222. The molecule has 0 heterocycles. The van der Waals surface area contributed by atoms with Crippen molar-refractivity contribution in [1.29, 1.82) is 0 Å². The molecule has 0 aliphatic heterocycles. The van der Waals surface area contributed by atoms with Crippen molar-refractivity contribution in [2.24, 2.45) is 0 Å². The van der Waals surface area contributed by atoms with Crippen LogP contribution in [0.5, 0.6) is 0 Å². The summed E-state index contributed by atoms with van der Waals surface area (Å²) in [6.07, 6.45) is 0. The minimum atomic E-state index is -6.00. The molecule has 0 bridgehead atoms. The van der Waals surface area contributed by atoms with Crippen LogP contribution in [0.25, 0.3) is 0 Å².